The van der Waals surface area contributed by atoms with Crippen molar-refractivity contribution in [1.82, 2.24) is 0 Å². The highest BCUT2D eigenvalue weighted by atomic mass is 32.2. The van der Waals surface area contributed by atoms with Gasteiger partial charge < -0.3 is 24.3 Å². The minimum atomic E-state index is -3.39. The first kappa shape index (κ1) is 20.4. The Labute approximate surface area is 159 Å². The van der Waals surface area contributed by atoms with Gasteiger partial charge in [0.25, 0.3) is 0 Å². The van der Waals surface area contributed by atoms with Gasteiger partial charge in [-0.2, -0.15) is 0 Å². The van der Waals surface area contributed by atoms with Gasteiger partial charge in [-0.05, 0) is 48.6 Å². The van der Waals surface area contributed by atoms with E-state index >= 15 is 0 Å². The Morgan fingerprint density at radius 3 is 2.74 bits per heavy atom. The molecule has 1 aromatic heterocycles. The fraction of sp³-hybridized carbons (Fsp3) is 0.556. The lowest BCUT2D eigenvalue weighted by Gasteiger charge is -2.32. The topological polar surface area (TPSA) is 117 Å². The highest BCUT2D eigenvalue weighted by Gasteiger charge is 2.48. The second kappa shape index (κ2) is 8.32. The van der Waals surface area contributed by atoms with Crippen LogP contribution in [0.15, 0.2) is 33.3 Å². The summed E-state index contributed by atoms with van der Waals surface area (Å²) in [6.07, 6.45) is 3.32. The van der Waals surface area contributed by atoms with Crippen molar-refractivity contribution in [2.24, 2.45) is 0 Å². The van der Waals surface area contributed by atoms with Gasteiger partial charge in [0.2, 0.25) is 0 Å². The Morgan fingerprint density at radius 1 is 1.33 bits per heavy atom. The summed E-state index contributed by atoms with van der Waals surface area (Å²) in [6.45, 7) is 1.55. The number of aliphatic hydroxyl groups excluding tert-OH is 2. The third kappa shape index (κ3) is 4.38. The summed E-state index contributed by atoms with van der Waals surface area (Å²) in [6, 6.07) is 3.50. The van der Waals surface area contributed by atoms with Crippen LogP contribution in [0.3, 0.4) is 0 Å². The molecule has 0 spiro atoms. The zero-order valence-corrected chi connectivity index (χ0v) is 16.1. The van der Waals surface area contributed by atoms with Crippen molar-refractivity contribution in [3.05, 3.63) is 40.4 Å². The molecular weight excluding hydrogens is 371 g/mol. The van der Waals surface area contributed by atoms with E-state index in [9.17, 15) is 18.5 Å². The molecule has 0 aliphatic carbocycles. The van der Waals surface area contributed by atoms with Gasteiger partial charge in [-0.3, -0.25) is 0 Å². The quantitative estimate of drug-likeness (QED) is 0.470. The minimum Gasteiger partial charge on any atom is -0.459 e. The maximum Gasteiger partial charge on any atom is 0.456 e. The van der Waals surface area contributed by atoms with Crippen LogP contribution < -0.4 is 0 Å². The van der Waals surface area contributed by atoms with Gasteiger partial charge in [0.05, 0.1) is 23.7 Å². The molecule has 0 amide bonds. The van der Waals surface area contributed by atoms with Crippen molar-refractivity contribution in [2.75, 3.05) is 12.4 Å². The second-order valence-corrected chi connectivity index (χ2v) is 9.17. The molecule has 148 valence electrons. The number of rotatable bonds is 7. The summed E-state index contributed by atoms with van der Waals surface area (Å²) in [5.74, 6) is 0.979. The van der Waals surface area contributed by atoms with E-state index in [0.29, 0.717) is 35.5 Å². The van der Waals surface area contributed by atoms with E-state index in [1.54, 1.807) is 12.1 Å². The lowest BCUT2D eigenvalue weighted by molar-refractivity contribution is 0.168. The van der Waals surface area contributed by atoms with Gasteiger partial charge in [0.1, 0.15) is 18.1 Å². The first-order valence-electron chi connectivity index (χ1n) is 9.14. The van der Waals surface area contributed by atoms with Crippen molar-refractivity contribution in [1.29, 1.82) is 0 Å². The molecule has 3 heterocycles. The van der Waals surface area contributed by atoms with Crippen LogP contribution in [0, 0.1) is 0 Å². The number of hydrogen-bond donors (Lipinski definition) is 3. The van der Waals surface area contributed by atoms with Crippen molar-refractivity contribution < 1.29 is 32.7 Å². The van der Waals surface area contributed by atoms with E-state index in [2.05, 4.69) is 0 Å². The maximum atomic E-state index is 12.4. The molecule has 0 bridgehead atoms. The molecule has 0 unspecified atom stereocenters. The molecule has 3 rings (SSSR count). The standard InChI is InChI=1S/C18H25BO7S/c1-2-12(7-14-4-5-15(10-21)25-14)3-6-16-18-13(9-20)11-27(23,24)17(18)8-19(22)26-16/h4-5,7,16-17,20-22H,2-3,6,8-11H2,1H3/b12-7+/t16-,17+/m1/s1. The highest BCUT2D eigenvalue weighted by Crippen LogP contribution is 2.39. The zero-order valence-electron chi connectivity index (χ0n) is 15.3. The average molecular weight is 396 g/mol. The highest BCUT2D eigenvalue weighted by molar-refractivity contribution is 7.92. The Kier molecular flexibility index (Phi) is 6.27. The minimum absolute atomic E-state index is 0.0183. The van der Waals surface area contributed by atoms with Crippen molar-refractivity contribution in [2.45, 2.75) is 50.5 Å². The Morgan fingerprint density at radius 2 is 2.11 bits per heavy atom. The van der Waals surface area contributed by atoms with E-state index in [-0.39, 0.29) is 25.3 Å². The van der Waals surface area contributed by atoms with Crippen LogP contribution in [0.25, 0.3) is 6.08 Å². The lowest BCUT2D eigenvalue weighted by atomic mass is 9.74. The van der Waals surface area contributed by atoms with E-state index in [1.807, 2.05) is 13.0 Å². The Bertz CT molecular complexity index is 840. The van der Waals surface area contributed by atoms with Crippen LogP contribution >= 0.6 is 0 Å². The molecule has 0 saturated carbocycles. The van der Waals surface area contributed by atoms with E-state index in [4.69, 9.17) is 14.2 Å². The number of fused-ring (bicyclic) bond motifs is 1. The van der Waals surface area contributed by atoms with Crippen molar-refractivity contribution in [3.8, 4) is 0 Å². The average Bonchev–Trinajstić information content (AvgIpc) is 3.20. The van der Waals surface area contributed by atoms with Crippen LogP contribution in [-0.2, 0) is 21.1 Å². The number of aliphatic hydroxyl groups is 2. The summed E-state index contributed by atoms with van der Waals surface area (Å²) >= 11 is 0. The molecule has 27 heavy (non-hydrogen) atoms. The second-order valence-electron chi connectivity index (χ2n) is 6.98. The Hall–Kier alpha value is -1.39. The molecule has 9 heteroatoms. The first-order chi connectivity index (χ1) is 12.9. The van der Waals surface area contributed by atoms with Crippen molar-refractivity contribution in [3.63, 3.8) is 0 Å². The number of sulfone groups is 1. The predicted molar refractivity (Wildman–Crippen MR) is 101 cm³/mol. The molecule has 1 aromatic rings. The Balaban J connectivity index is 1.76. The maximum absolute atomic E-state index is 12.4. The molecule has 0 aromatic carbocycles. The fourth-order valence-electron chi connectivity index (χ4n) is 3.84. The third-order valence-electron chi connectivity index (χ3n) is 5.21. The molecule has 2 atom stereocenters. The van der Waals surface area contributed by atoms with Crippen LogP contribution in [-0.4, -0.2) is 54.5 Å². The zero-order chi connectivity index (χ0) is 19.6. The van der Waals surface area contributed by atoms with Gasteiger partial charge in [0, 0.05) is 6.32 Å². The predicted octanol–water partition coefficient (Wildman–Crippen LogP) is 1.31. The van der Waals surface area contributed by atoms with E-state index in [1.165, 1.54) is 0 Å². The molecule has 1 saturated heterocycles. The van der Waals surface area contributed by atoms with E-state index in [0.717, 1.165) is 12.0 Å². The summed E-state index contributed by atoms with van der Waals surface area (Å²) in [7, 11) is -4.52. The summed E-state index contributed by atoms with van der Waals surface area (Å²) in [4.78, 5) is 0. The third-order valence-corrected chi connectivity index (χ3v) is 7.27. The molecule has 3 N–H and O–H groups in total. The van der Waals surface area contributed by atoms with Crippen LogP contribution in [0.5, 0.6) is 0 Å². The van der Waals surface area contributed by atoms with Gasteiger partial charge in [-0.25, -0.2) is 8.42 Å². The summed E-state index contributed by atoms with van der Waals surface area (Å²) in [5.41, 5.74) is 2.21. The van der Waals surface area contributed by atoms with Gasteiger partial charge in [-0.15, -0.1) is 0 Å². The van der Waals surface area contributed by atoms with Crippen LogP contribution in [0.2, 0.25) is 6.32 Å². The summed E-state index contributed by atoms with van der Waals surface area (Å²) in [5, 5.41) is 27.9. The summed E-state index contributed by atoms with van der Waals surface area (Å²) < 4.78 is 35.8. The molecule has 2 aliphatic rings. The molecular formula is C18H25BO7S. The van der Waals surface area contributed by atoms with Crippen LogP contribution in [0.4, 0.5) is 0 Å². The molecule has 7 nitrogen and oxygen atoms in total. The van der Waals surface area contributed by atoms with Crippen molar-refractivity contribution >= 4 is 23.0 Å². The molecule has 0 radical (unpaired) electrons. The fourth-order valence-corrected chi connectivity index (χ4v) is 5.95. The first-order valence-corrected chi connectivity index (χ1v) is 10.9. The lowest BCUT2D eigenvalue weighted by Crippen LogP contribution is -2.42. The van der Waals surface area contributed by atoms with Gasteiger partial charge in [-0.1, -0.05) is 12.5 Å². The largest absolute Gasteiger partial charge is 0.459 e. The number of allylic oxidation sites excluding steroid dienone is 1. The van der Waals surface area contributed by atoms with Gasteiger partial charge in [0.15, 0.2) is 9.84 Å². The smallest absolute Gasteiger partial charge is 0.456 e. The SMILES string of the molecule is CC/C(=C\c1ccc(CO)o1)CC[C@H]1OB(O)C[C@H]2C1=C(CO)CS2(=O)=O. The molecule has 2 aliphatic heterocycles. The monoisotopic (exact) mass is 396 g/mol. The molecule has 1 fully saturated rings. The normalized spacial score (nSPS) is 25.2. The number of hydrogen-bond acceptors (Lipinski definition) is 7. The number of furan rings is 1. The van der Waals surface area contributed by atoms with Gasteiger partial charge >= 0.3 is 7.12 Å². The van der Waals surface area contributed by atoms with E-state index < -0.39 is 28.3 Å². The van der Waals surface area contributed by atoms with Crippen LogP contribution in [0.1, 0.15) is 37.7 Å².